The fraction of sp³-hybridized carbons (Fsp3) is 0.737. The Labute approximate surface area is 175 Å². The summed E-state index contributed by atoms with van der Waals surface area (Å²) in [6.07, 6.45) is 1.57. The molecule has 2 amide bonds. The van der Waals surface area contributed by atoms with Crippen LogP contribution < -0.4 is 10.2 Å². The standard InChI is InChI=1S/C19H30N6O5/c26-13-15-17(27)16(14(30-15)12-22-19(28)25-8-10-29-11-9-25)23-4-6-24(7-5-23)18-20-2-1-3-21-18/h1-3,14-17,26-27H,4-13H2,(H,22,28)/t14-,15+,16+,17-/m1/s1. The lowest BCUT2D eigenvalue weighted by atomic mass is 10.0. The van der Waals surface area contributed by atoms with Gasteiger partial charge in [-0.05, 0) is 6.07 Å². The van der Waals surface area contributed by atoms with Gasteiger partial charge in [-0.3, -0.25) is 4.90 Å². The number of piperazine rings is 1. The van der Waals surface area contributed by atoms with Crippen molar-refractivity contribution in [2.75, 3.05) is 70.5 Å². The Hall–Kier alpha value is -2.05. The number of nitrogens with one attached hydrogen (secondary N) is 1. The van der Waals surface area contributed by atoms with Gasteiger partial charge in [0.05, 0.1) is 32.0 Å². The molecular formula is C19H30N6O5. The number of amides is 2. The number of morpholine rings is 1. The van der Waals surface area contributed by atoms with Gasteiger partial charge in [-0.15, -0.1) is 0 Å². The van der Waals surface area contributed by atoms with E-state index in [0.717, 1.165) is 13.1 Å². The minimum Gasteiger partial charge on any atom is -0.394 e. The molecule has 1 aromatic rings. The third kappa shape index (κ3) is 4.65. The molecule has 1 aromatic heterocycles. The van der Waals surface area contributed by atoms with Gasteiger partial charge in [-0.25, -0.2) is 14.8 Å². The van der Waals surface area contributed by atoms with Crippen LogP contribution in [-0.4, -0.2) is 126 Å². The zero-order chi connectivity index (χ0) is 20.9. The fourth-order valence-electron chi connectivity index (χ4n) is 4.34. The first-order chi connectivity index (χ1) is 14.7. The molecule has 0 radical (unpaired) electrons. The van der Waals surface area contributed by atoms with Crippen LogP contribution in [0.1, 0.15) is 0 Å². The van der Waals surface area contributed by atoms with E-state index in [2.05, 4.69) is 25.1 Å². The highest BCUT2D eigenvalue weighted by Crippen LogP contribution is 2.27. The molecule has 3 aliphatic heterocycles. The molecule has 3 fully saturated rings. The SMILES string of the molecule is O=C(NC[C@H]1O[C@@H](CO)[C@@H](O)[C@H]1N1CCN(c2ncccn2)CC1)N1CCOCC1. The zero-order valence-electron chi connectivity index (χ0n) is 17.0. The number of carbonyl (C=O) groups is 1. The van der Waals surface area contributed by atoms with E-state index in [-0.39, 0.29) is 25.2 Å². The van der Waals surface area contributed by atoms with E-state index in [9.17, 15) is 15.0 Å². The molecule has 4 atom stereocenters. The van der Waals surface area contributed by atoms with Gasteiger partial charge in [0, 0.05) is 58.2 Å². The van der Waals surface area contributed by atoms with Crippen LogP contribution in [0.4, 0.5) is 10.7 Å². The average Bonchev–Trinajstić information content (AvgIpc) is 3.14. The molecule has 0 aliphatic carbocycles. The topological polar surface area (TPSA) is 124 Å². The molecule has 11 heteroatoms. The molecule has 3 aliphatic rings. The maximum absolute atomic E-state index is 12.4. The predicted octanol–water partition coefficient (Wildman–Crippen LogP) is -1.87. The lowest BCUT2D eigenvalue weighted by Crippen LogP contribution is -2.58. The third-order valence-corrected chi connectivity index (χ3v) is 5.96. The summed E-state index contributed by atoms with van der Waals surface area (Å²) in [5.41, 5.74) is 0. The molecule has 3 N–H and O–H groups in total. The second-order valence-electron chi connectivity index (χ2n) is 7.73. The van der Waals surface area contributed by atoms with Crippen LogP contribution in [0.25, 0.3) is 0 Å². The molecule has 4 rings (SSSR count). The van der Waals surface area contributed by atoms with Crippen LogP contribution in [0.3, 0.4) is 0 Å². The third-order valence-electron chi connectivity index (χ3n) is 5.96. The highest BCUT2D eigenvalue weighted by atomic mass is 16.5. The van der Waals surface area contributed by atoms with Gasteiger partial charge >= 0.3 is 6.03 Å². The Morgan fingerprint density at radius 2 is 1.80 bits per heavy atom. The summed E-state index contributed by atoms with van der Waals surface area (Å²) >= 11 is 0. The lowest BCUT2D eigenvalue weighted by molar-refractivity contribution is -0.0211. The maximum atomic E-state index is 12.4. The quantitative estimate of drug-likeness (QED) is 0.501. The molecule has 0 bridgehead atoms. The highest BCUT2D eigenvalue weighted by molar-refractivity contribution is 5.74. The molecule has 11 nitrogen and oxygen atoms in total. The van der Waals surface area contributed by atoms with Crippen LogP contribution in [-0.2, 0) is 9.47 Å². The first kappa shape index (κ1) is 21.2. The van der Waals surface area contributed by atoms with Crippen molar-refractivity contribution in [3.05, 3.63) is 18.5 Å². The second-order valence-corrected chi connectivity index (χ2v) is 7.73. The summed E-state index contributed by atoms with van der Waals surface area (Å²) in [5.74, 6) is 0.697. The second kappa shape index (κ2) is 9.84. The molecule has 0 saturated carbocycles. The number of carbonyl (C=O) groups excluding carboxylic acids is 1. The van der Waals surface area contributed by atoms with Crippen molar-refractivity contribution in [2.24, 2.45) is 0 Å². The van der Waals surface area contributed by atoms with Crippen LogP contribution in [0.2, 0.25) is 0 Å². The molecular weight excluding hydrogens is 392 g/mol. The van der Waals surface area contributed by atoms with Gasteiger partial charge in [-0.1, -0.05) is 0 Å². The first-order valence-electron chi connectivity index (χ1n) is 10.5. The van der Waals surface area contributed by atoms with Crippen LogP contribution >= 0.6 is 0 Å². The van der Waals surface area contributed by atoms with E-state index in [1.165, 1.54) is 0 Å². The van der Waals surface area contributed by atoms with Crippen LogP contribution in [0, 0.1) is 0 Å². The molecule has 166 valence electrons. The Morgan fingerprint density at radius 3 is 2.47 bits per heavy atom. The van der Waals surface area contributed by atoms with E-state index in [4.69, 9.17) is 9.47 Å². The molecule has 4 heterocycles. The van der Waals surface area contributed by atoms with Gasteiger partial charge in [0.15, 0.2) is 0 Å². The van der Waals surface area contributed by atoms with Crippen molar-refractivity contribution in [1.82, 2.24) is 25.1 Å². The summed E-state index contributed by atoms with van der Waals surface area (Å²) in [5, 5.41) is 23.3. The number of aliphatic hydroxyl groups is 2. The lowest BCUT2D eigenvalue weighted by Gasteiger charge is -2.40. The average molecular weight is 422 g/mol. The maximum Gasteiger partial charge on any atom is 0.317 e. The van der Waals surface area contributed by atoms with E-state index in [1.807, 2.05) is 0 Å². The smallest absolute Gasteiger partial charge is 0.317 e. The number of ether oxygens (including phenoxy) is 2. The van der Waals surface area contributed by atoms with E-state index in [0.29, 0.717) is 45.3 Å². The van der Waals surface area contributed by atoms with Gasteiger partial charge < -0.3 is 34.8 Å². The Kier molecular flexibility index (Phi) is 6.95. The number of nitrogens with zero attached hydrogens (tertiary/aromatic N) is 5. The van der Waals surface area contributed by atoms with E-state index in [1.54, 1.807) is 23.4 Å². The monoisotopic (exact) mass is 422 g/mol. The van der Waals surface area contributed by atoms with Gasteiger partial charge in [0.25, 0.3) is 0 Å². The van der Waals surface area contributed by atoms with Crippen molar-refractivity contribution in [3.8, 4) is 0 Å². The van der Waals surface area contributed by atoms with E-state index >= 15 is 0 Å². The normalized spacial score (nSPS) is 30.5. The number of rotatable bonds is 5. The van der Waals surface area contributed by atoms with Gasteiger partial charge in [-0.2, -0.15) is 0 Å². The van der Waals surface area contributed by atoms with Gasteiger partial charge in [0.2, 0.25) is 5.95 Å². The van der Waals surface area contributed by atoms with Crippen LogP contribution in [0.15, 0.2) is 18.5 Å². The first-order valence-corrected chi connectivity index (χ1v) is 10.5. The highest BCUT2D eigenvalue weighted by Gasteiger charge is 2.47. The van der Waals surface area contributed by atoms with Gasteiger partial charge in [0.1, 0.15) is 12.2 Å². The van der Waals surface area contributed by atoms with Crippen molar-refractivity contribution in [2.45, 2.75) is 24.4 Å². The number of urea groups is 1. The minimum absolute atomic E-state index is 0.159. The predicted molar refractivity (Wildman–Crippen MR) is 107 cm³/mol. The Balaban J connectivity index is 1.35. The number of aliphatic hydroxyl groups excluding tert-OH is 2. The summed E-state index contributed by atoms with van der Waals surface area (Å²) in [7, 11) is 0. The Morgan fingerprint density at radius 1 is 1.10 bits per heavy atom. The van der Waals surface area contributed by atoms with Crippen LogP contribution in [0.5, 0.6) is 0 Å². The van der Waals surface area contributed by atoms with Crippen molar-refractivity contribution < 1.29 is 24.5 Å². The Bertz CT molecular complexity index is 683. The fourth-order valence-corrected chi connectivity index (χ4v) is 4.34. The molecule has 30 heavy (non-hydrogen) atoms. The molecule has 0 unspecified atom stereocenters. The number of anilines is 1. The molecule has 3 saturated heterocycles. The van der Waals surface area contributed by atoms with Crippen molar-refractivity contribution >= 4 is 12.0 Å². The summed E-state index contributed by atoms with van der Waals surface area (Å²) in [6, 6.07) is 1.33. The number of hydrogen-bond acceptors (Lipinski definition) is 9. The summed E-state index contributed by atoms with van der Waals surface area (Å²) in [4.78, 5) is 27.0. The molecule has 0 aromatic carbocycles. The number of aromatic nitrogens is 2. The van der Waals surface area contributed by atoms with Crippen molar-refractivity contribution in [3.63, 3.8) is 0 Å². The summed E-state index contributed by atoms with van der Waals surface area (Å²) in [6.45, 7) is 5.07. The largest absolute Gasteiger partial charge is 0.394 e. The van der Waals surface area contributed by atoms with E-state index < -0.39 is 18.3 Å². The van der Waals surface area contributed by atoms with Crippen molar-refractivity contribution in [1.29, 1.82) is 0 Å². The summed E-state index contributed by atoms with van der Waals surface area (Å²) < 4.78 is 11.2. The number of hydrogen-bond donors (Lipinski definition) is 3. The molecule has 0 spiro atoms. The zero-order valence-corrected chi connectivity index (χ0v) is 17.0. The minimum atomic E-state index is -0.820.